The van der Waals surface area contributed by atoms with Crippen LogP contribution in [0.1, 0.15) is 45.4 Å². The molecule has 1 aromatic heterocycles. The Morgan fingerprint density at radius 2 is 1.82 bits per heavy atom. The molecular formula is C22H18N4O6S. The van der Waals surface area contributed by atoms with Gasteiger partial charge in [0.1, 0.15) is 16.9 Å². The van der Waals surface area contributed by atoms with Crippen molar-refractivity contribution in [3.63, 3.8) is 0 Å². The first-order valence-electron chi connectivity index (χ1n) is 10.3. The lowest BCUT2D eigenvalue weighted by Gasteiger charge is -2.27. The third-order valence-electron chi connectivity index (χ3n) is 5.72. The van der Waals surface area contributed by atoms with Crippen LogP contribution >= 0.6 is 11.3 Å². The van der Waals surface area contributed by atoms with Gasteiger partial charge in [0, 0.05) is 10.9 Å². The van der Waals surface area contributed by atoms with Crippen LogP contribution in [0.4, 0.5) is 16.4 Å². The lowest BCUT2D eigenvalue weighted by Crippen LogP contribution is -2.38. The Bertz CT molecular complexity index is 1300. The minimum Gasteiger partial charge on any atom is -0.450 e. The molecule has 168 valence electrons. The molecule has 0 bridgehead atoms. The van der Waals surface area contributed by atoms with Crippen LogP contribution in [-0.2, 0) is 12.8 Å². The number of thiophene rings is 1. The van der Waals surface area contributed by atoms with Gasteiger partial charge in [0.25, 0.3) is 11.6 Å². The summed E-state index contributed by atoms with van der Waals surface area (Å²) in [7, 11) is 0. The number of nitrogens with one attached hydrogen (secondary N) is 2. The van der Waals surface area contributed by atoms with Crippen LogP contribution in [0, 0.1) is 20.2 Å². The average molecular weight is 466 g/mol. The standard InChI is InChI=1S/C22H18N4O6S/c27-21-19-15-6-1-2-7-18(15)33-22(19)24-20(23-21)12-4-3-5-14(10-12)32-17-9-8-13(25(28)29)11-16(17)26(30)31/h3-5,8-11,20,24H,1-2,6-7H2,(H,23,27)/t20-/m0/s1. The maximum atomic E-state index is 12.9. The van der Waals surface area contributed by atoms with Crippen molar-refractivity contribution < 1.29 is 19.4 Å². The third kappa shape index (κ3) is 3.87. The third-order valence-corrected chi connectivity index (χ3v) is 6.94. The fraction of sp³-hybridized carbons (Fsp3) is 0.227. The number of nitro benzene ring substituents is 2. The number of ether oxygens (including phenoxy) is 1. The minimum absolute atomic E-state index is 0.114. The van der Waals surface area contributed by atoms with Crippen molar-refractivity contribution in [1.29, 1.82) is 0 Å². The van der Waals surface area contributed by atoms with E-state index in [1.807, 2.05) is 6.07 Å². The molecule has 2 aliphatic rings. The van der Waals surface area contributed by atoms with E-state index >= 15 is 0 Å². The van der Waals surface area contributed by atoms with Gasteiger partial charge >= 0.3 is 5.69 Å². The van der Waals surface area contributed by atoms with Gasteiger partial charge < -0.3 is 15.4 Å². The summed E-state index contributed by atoms with van der Waals surface area (Å²) in [5, 5.41) is 29.6. The lowest BCUT2D eigenvalue weighted by molar-refractivity contribution is -0.394. The smallest absolute Gasteiger partial charge is 0.318 e. The van der Waals surface area contributed by atoms with E-state index in [1.165, 1.54) is 10.9 Å². The molecule has 33 heavy (non-hydrogen) atoms. The van der Waals surface area contributed by atoms with Gasteiger partial charge in [0.15, 0.2) is 0 Å². The number of benzene rings is 2. The molecular weight excluding hydrogens is 448 g/mol. The molecule has 2 N–H and O–H groups in total. The van der Waals surface area contributed by atoms with Crippen molar-refractivity contribution in [2.24, 2.45) is 0 Å². The van der Waals surface area contributed by atoms with Crippen LogP contribution in [-0.4, -0.2) is 15.8 Å². The highest BCUT2D eigenvalue weighted by atomic mass is 32.1. The van der Waals surface area contributed by atoms with Gasteiger partial charge in [-0.05, 0) is 55.0 Å². The number of hydrogen-bond donors (Lipinski definition) is 2. The van der Waals surface area contributed by atoms with Crippen molar-refractivity contribution in [2.45, 2.75) is 31.8 Å². The Balaban J connectivity index is 1.42. The number of fused-ring (bicyclic) bond motifs is 3. The molecule has 5 rings (SSSR count). The summed E-state index contributed by atoms with van der Waals surface area (Å²) >= 11 is 1.62. The summed E-state index contributed by atoms with van der Waals surface area (Å²) in [5.74, 6) is 0.0684. The monoisotopic (exact) mass is 466 g/mol. The van der Waals surface area contributed by atoms with Crippen LogP contribution in [0.2, 0.25) is 0 Å². The molecule has 1 amide bonds. The van der Waals surface area contributed by atoms with Crippen LogP contribution in [0.3, 0.4) is 0 Å². The normalized spacial score (nSPS) is 16.7. The fourth-order valence-electron chi connectivity index (χ4n) is 4.18. The first-order valence-corrected chi connectivity index (χ1v) is 11.1. The van der Waals surface area contributed by atoms with Crippen molar-refractivity contribution in [3.05, 3.63) is 84.3 Å². The molecule has 0 saturated heterocycles. The Morgan fingerprint density at radius 3 is 2.61 bits per heavy atom. The number of carbonyl (C=O) groups excluding carboxylic acids is 1. The Morgan fingerprint density at radius 1 is 1.00 bits per heavy atom. The van der Waals surface area contributed by atoms with Gasteiger partial charge in [-0.3, -0.25) is 25.0 Å². The topological polar surface area (TPSA) is 137 Å². The Labute approximate surface area is 191 Å². The molecule has 3 aromatic rings. The average Bonchev–Trinajstić information content (AvgIpc) is 3.18. The maximum Gasteiger partial charge on any atom is 0.318 e. The Hall–Kier alpha value is -3.99. The molecule has 0 radical (unpaired) electrons. The first kappa shape index (κ1) is 20.9. The van der Waals surface area contributed by atoms with E-state index in [0.717, 1.165) is 53.9 Å². The number of amides is 1. The molecule has 1 aliphatic carbocycles. The SMILES string of the molecule is O=C1N[C@H](c2cccc(Oc3ccc([N+](=O)[O-])cc3[N+](=O)[O-])c2)Nc2sc3c(c21)CCCC3. The number of non-ortho nitro benzene ring substituents is 1. The summed E-state index contributed by atoms with van der Waals surface area (Å²) in [6.07, 6.45) is 3.63. The van der Waals surface area contributed by atoms with E-state index < -0.39 is 27.4 Å². The highest BCUT2D eigenvalue weighted by molar-refractivity contribution is 7.16. The van der Waals surface area contributed by atoms with Gasteiger partial charge in [0.05, 0.1) is 21.5 Å². The quantitative estimate of drug-likeness (QED) is 0.395. The maximum absolute atomic E-state index is 12.9. The molecule has 1 aliphatic heterocycles. The van der Waals surface area contributed by atoms with E-state index in [2.05, 4.69) is 10.6 Å². The van der Waals surface area contributed by atoms with Crippen LogP contribution in [0.15, 0.2) is 42.5 Å². The zero-order valence-electron chi connectivity index (χ0n) is 17.2. The number of rotatable bonds is 5. The number of nitrogens with zero attached hydrogens (tertiary/aromatic N) is 2. The molecule has 0 spiro atoms. The summed E-state index contributed by atoms with van der Waals surface area (Å²) in [5.41, 5.74) is 1.69. The molecule has 10 nitrogen and oxygen atoms in total. The van der Waals surface area contributed by atoms with Crippen LogP contribution < -0.4 is 15.4 Å². The van der Waals surface area contributed by atoms with Gasteiger partial charge in [-0.15, -0.1) is 11.3 Å². The molecule has 0 unspecified atom stereocenters. The largest absolute Gasteiger partial charge is 0.450 e. The highest BCUT2D eigenvalue weighted by Crippen LogP contribution is 2.42. The van der Waals surface area contributed by atoms with E-state index in [4.69, 9.17) is 4.74 Å². The van der Waals surface area contributed by atoms with Gasteiger partial charge in [-0.25, -0.2) is 0 Å². The van der Waals surface area contributed by atoms with Crippen molar-refractivity contribution in [3.8, 4) is 11.5 Å². The van der Waals surface area contributed by atoms with E-state index in [9.17, 15) is 25.0 Å². The molecule has 0 saturated carbocycles. The summed E-state index contributed by atoms with van der Waals surface area (Å²) in [4.78, 5) is 35.0. The number of carbonyl (C=O) groups is 1. The number of nitro groups is 2. The van der Waals surface area contributed by atoms with Gasteiger partial charge in [-0.2, -0.15) is 0 Å². The zero-order valence-corrected chi connectivity index (χ0v) is 18.0. The number of hydrogen-bond acceptors (Lipinski definition) is 8. The van der Waals surface area contributed by atoms with Crippen molar-refractivity contribution in [2.75, 3.05) is 5.32 Å². The lowest BCUT2D eigenvalue weighted by atomic mass is 9.94. The molecule has 0 fully saturated rings. The fourth-order valence-corrected chi connectivity index (χ4v) is 5.49. The Kier molecular flexibility index (Phi) is 5.17. The molecule has 1 atom stereocenters. The molecule has 11 heteroatoms. The van der Waals surface area contributed by atoms with E-state index in [0.29, 0.717) is 11.3 Å². The van der Waals surface area contributed by atoms with E-state index in [-0.39, 0.29) is 11.7 Å². The second kappa shape index (κ2) is 8.17. The zero-order chi connectivity index (χ0) is 23.1. The number of aryl methyl sites for hydroxylation is 1. The summed E-state index contributed by atoms with van der Waals surface area (Å²) in [6, 6.07) is 10.0. The first-order chi connectivity index (χ1) is 15.9. The predicted molar refractivity (Wildman–Crippen MR) is 121 cm³/mol. The molecule has 2 aromatic carbocycles. The molecule has 2 heterocycles. The highest BCUT2D eigenvalue weighted by Gasteiger charge is 2.32. The predicted octanol–water partition coefficient (Wildman–Crippen LogP) is 5.09. The van der Waals surface area contributed by atoms with Crippen LogP contribution in [0.25, 0.3) is 0 Å². The summed E-state index contributed by atoms with van der Waals surface area (Å²) < 4.78 is 5.70. The van der Waals surface area contributed by atoms with E-state index in [1.54, 1.807) is 29.5 Å². The van der Waals surface area contributed by atoms with Crippen molar-refractivity contribution in [1.82, 2.24) is 5.32 Å². The number of anilines is 1. The van der Waals surface area contributed by atoms with Crippen molar-refractivity contribution >= 4 is 33.6 Å². The second-order valence-electron chi connectivity index (χ2n) is 7.81. The summed E-state index contributed by atoms with van der Waals surface area (Å²) in [6.45, 7) is 0. The second-order valence-corrected chi connectivity index (χ2v) is 8.91. The minimum atomic E-state index is -0.727. The van der Waals surface area contributed by atoms with Gasteiger partial charge in [-0.1, -0.05) is 12.1 Å². The van der Waals surface area contributed by atoms with Crippen LogP contribution in [0.5, 0.6) is 11.5 Å². The van der Waals surface area contributed by atoms with Gasteiger partial charge in [0.2, 0.25) is 5.75 Å².